The molecule has 0 radical (unpaired) electrons. The van der Waals surface area contributed by atoms with Crippen LogP contribution in [0.2, 0.25) is 0 Å². The van der Waals surface area contributed by atoms with Gasteiger partial charge in [0.2, 0.25) is 0 Å². The first kappa shape index (κ1) is 22.8. The van der Waals surface area contributed by atoms with E-state index in [4.69, 9.17) is 4.74 Å². The van der Waals surface area contributed by atoms with Gasteiger partial charge in [-0.1, -0.05) is 32.0 Å². The molecular weight excluding hydrogens is 403 g/mol. The lowest BCUT2D eigenvalue weighted by Gasteiger charge is -2.18. The van der Waals surface area contributed by atoms with Crippen molar-refractivity contribution >= 4 is 0 Å². The summed E-state index contributed by atoms with van der Waals surface area (Å²) in [5, 5.41) is 10.5. The maximum Gasteiger partial charge on any atom is 0.416 e. The van der Waals surface area contributed by atoms with Gasteiger partial charge in [-0.3, -0.25) is 4.98 Å². The molecule has 0 aliphatic rings. The number of aromatic nitrogens is 1. The van der Waals surface area contributed by atoms with E-state index in [0.717, 1.165) is 17.2 Å². The second-order valence-electron chi connectivity index (χ2n) is 7.79. The number of rotatable bonds is 7. The fourth-order valence-corrected chi connectivity index (χ4v) is 3.55. The molecule has 3 nitrogen and oxygen atoms in total. The van der Waals surface area contributed by atoms with Crippen LogP contribution in [0.15, 0.2) is 60.8 Å². The molecule has 0 aliphatic heterocycles. The average molecular weight is 429 g/mol. The van der Waals surface area contributed by atoms with E-state index in [1.54, 1.807) is 31.5 Å². The van der Waals surface area contributed by atoms with Crippen LogP contribution in [0, 0.1) is 0 Å². The second-order valence-corrected chi connectivity index (χ2v) is 7.79. The molecule has 1 aromatic heterocycles. The molecule has 0 bridgehead atoms. The molecule has 0 aliphatic carbocycles. The summed E-state index contributed by atoms with van der Waals surface area (Å²) in [6.07, 6.45) is -3.23. The number of aryl methyl sites for hydroxylation is 1. The van der Waals surface area contributed by atoms with Crippen LogP contribution in [0.3, 0.4) is 0 Å². The number of hydrogen-bond donors (Lipinski definition) is 1. The number of aliphatic hydroxyl groups is 1. The van der Waals surface area contributed by atoms with Crippen molar-refractivity contribution in [3.63, 3.8) is 0 Å². The van der Waals surface area contributed by atoms with E-state index in [1.807, 2.05) is 18.2 Å². The monoisotopic (exact) mass is 429 g/mol. The first-order chi connectivity index (χ1) is 14.7. The minimum atomic E-state index is -4.45. The van der Waals surface area contributed by atoms with Crippen molar-refractivity contribution in [2.24, 2.45) is 0 Å². The summed E-state index contributed by atoms with van der Waals surface area (Å²) >= 11 is 0. The number of methoxy groups -OCH3 is 1. The minimum absolute atomic E-state index is 0.248. The van der Waals surface area contributed by atoms with Crippen molar-refractivity contribution in [1.82, 2.24) is 4.98 Å². The summed E-state index contributed by atoms with van der Waals surface area (Å²) in [4.78, 5) is 4.14. The third-order valence-electron chi connectivity index (χ3n) is 5.33. The fraction of sp³-hybridized carbons (Fsp3) is 0.320. The van der Waals surface area contributed by atoms with Gasteiger partial charge in [0, 0.05) is 11.8 Å². The molecular formula is C25H26F3NO2. The third-order valence-corrected chi connectivity index (χ3v) is 5.33. The lowest BCUT2D eigenvalue weighted by Crippen LogP contribution is -2.08. The number of pyridine rings is 1. The van der Waals surface area contributed by atoms with E-state index in [0.29, 0.717) is 22.6 Å². The van der Waals surface area contributed by atoms with Crippen LogP contribution in [-0.4, -0.2) is 17.2 Å². The van der Waals surface area contributed by atoms with Crippen molar-refractivity contribution in [3.05, 3.63) is 83.2 Å². The quantitative estimate of drug-likeness (QED) is 0.462. The topological polar surface area (TPSA) is 42.4 Å². The van der Waals surface area contributed by atoms with Crippen LogP contribution in [0.5, 0.6) is 5.75 Å². The van der Waals surface area contributed by atoms with Crippen LogP contribution in [0.25, 0.3) is 11.1 Å². The van der Waals surface area contributed by atoms with Crippen molar-refractivity contribution in [3.8, 4) is 16.9 Å². The molecule has 164 valence electrons. The Morgan fingerprint density at radius 3 is 2.39 bits per heavy atom. The van der Waals surface area contributed by atoms with Crippen LogP contribution in [0.4, 0.5) is 13.2 Å². The molecule has 0 spiro atoms. The van der Waals surface area contributed by atoms with E-state index in [2.05, 4.69) is 18.8 Å². The van der Waals surface area contributed by atoms with Gasteiger partial charge in [-0.15, -0.1) is 0 Å². The molecule has 3 aromatic rings. The van der Waals surface area contributed by atoms with Gasteiger partial charge in [0.1, 0.15) is 5.75 Å². The molecule has 0 saturated heterocycles. The summed E-state index contributed by atoms with van der Waals surface area (Å²) in [5.41, 5.74) is 2.76. The van der Waals surface area contributed by atoms with Gasteiger partial charge in [0.05, 0.1) is 24.5 Å². The predicted molar refractivity (Wildman–Crippen MR) is 115 cm³/mol. The lowest BCUT2D eigenvalue weighted by atomic mass is 9.90. The highest BCUT2D eigenvalue weighted by atomic mass is 19.4. The Morgan fingerprint density at radius 1 is 1.00 bits per heavy atom. The van der Waals surface area contributed by atoms with E-state index < -0.39 is 17.8 Å². The first-order valence-electron chi connectivity index (χ1n) is 10.2. The predicted octanol–water partition coefficient (Wildman–Crippen LogP) is 6.57. The van der Waals surface area contributed by atoms with Crippen LogP contribution < -0.4 is 4.74 Å². The van der Waals surface area contributed by atoms with Crippen molar-refractivity contribution < 1.29 is 23.0 Å². The Labute approximate surface area is 180 Å². The molecule has 2 aromatic carbocycles. The Hall–Kier alpha value is -2.86. The molecule has 0 amide bonds. The largest absolute Gasteiger partial charge is 0.496 e. The summed E-state index contributed by atoms with van der Waals surface area (Å²) in [6, 6.07) is 14.7. The second kappa shape index (κ2) is 9.52. The van der Waals surface area contributed by atoms with E-state index in [9.17, 15) is 18.3 Å². The number of aliphatic hydroxyl groups excluding tert-OH is 1. The average Bonchev–Trinajstić information content (AvgIpc) is 2.76. The maximum atomic E-state index is 13.4. The molecule has 0 saturated carbocycles. The Kier molecular flexibility index (Phi) is 7.01. The minimum Gasteiger partial charge on any atom is -0.496 e. The van der Waals surface area contributed by atoms with E-state index in [-0.39, 0.29) is 18.8 Å². The molecule has 1 atom stereocenters. The zero-order valence-electron chi connectivity index (χ0n) is 17.8. The number of halogens is 3. The van der Waals surface area contributed by atoms with Gasteiger partial charge in [0.15, 0.2) is 0 Å². The summed E-state index contributed by atoms with van der Waals surface area (Å²) in [5.74, 6) is 0.851. The highest BCUT2D eigenvalue weighted by molar-refractivity contribution is 5.74. The van der Waals surface area contributed by atoms with E-state index >= 15 is 0 Å². The van der Waals surface area contributed by atoms with Crippen LogP contribution in [-0.2, 0) is 12.6 Å². The van der Waals surface area contributed by atoms with Crippen LogP contribution in [0.1, 0.15) is 54.7 Å². The third kappa shape index (κ3) is 5.44. The van der Waals surface area contributed by atoms with Gasteiger partial charge < -0.3 is 9.84 Å². The molecule has 1 unspecified atom stereocenters. The summed E-state index contributed by atoms with van der Waals surface area (Å²) in [6.45, 7) is 4.12. The molecule has 0 fully saturated rings. The first-order valence-corrected chi connectivity index (χ1v) is 10.2. The highest BCUT2D eigenvalue weighted by Crippen LogP contribution is 2.39. The Morgan fingerprint density at radius 2 is 1.77 bits per heavy atom. The van der Waals surface area contributed by atoms with Gasteiger partial charge in [0.25, 0.3) is 0 Å². The summed E-state index contributed by atoms with van der Waals surface area (Å²) in [7, 11) is 1.54. The molecule has 6 heteroatoms. The number of ether oxygens (including phenoxy) is 1. The maximum absolute atomic E-state index is 13.4. The Bertz CT molecular complexity index is 1020. The van der Waals surface area contributed by atoms with Gasteiger partial charge in [-0.2, -0.15) is 13.2 Å². The van der Waals surface area contributed by atoms with Gasteiger partial charge in [-0.05, 0) is 71.8 Å². The molecule has 31 heavy (non-hydrogen) atoms. The van der Waals surface area contributed by atoms with E-state index in [1.165, 1.54) is 12.1 Å². The smallest absolute Gasteiger partial charge is 0.416 e. The zero-order valence-corrected chi connectivity index (χ0v) is 17.8. The number of alkyl halides is 3. The zero-order chi connectivity index (χ0) is 22.6. The van der Waals surface area contributed by atoms with Crippen molar-refractivity contribution in [2.75, 3.05) is 7.11 Å². The highest BCUT2D eigenvalue weighted by Gasteiger charge is 2.31. The number of benzene rings is 2. The molecule has 3 rings (SSSR count). The molecule has 1 N–H and O–H groups in total. The molecule has 1 heterocycles. The van der Waals surface area contributed by atoms with Gasteiger partial charge in [-0.25, -0.2) is 0 Å². The number of nitrogens with zero attached hydrogens (tertiary/aromatic N) is 1. The standard InChI is InChI=1S/C25H26F3NO2/c1-16(2)17-8-12-24(31-3)21(15-17)20-10-9-19(25(26,27)28)14-18(20)7-11-23(30)22-6-4-5-13-29-22/h4-6,8-10,12-16,23,30H,7,11H2,1-3H3. The Balaban J connectivity index is 2.03. The van der Waals surface area contributed by atoms with Crippen molar-refractivity contribution in [1.29, 1.82) is 0 Å². The van der Waals surface area contributed by atoms with Crippen molar-refractivity contribution in [2.45, 2.75) is 44.9 Å². The lowest BCUT2D eigenvalue weighted by molar-refractivity contribution is -0.137. The van der Waals surface area contributed by atoms with Gasteiger partial charge >= 0.3 is 6.18 Å². The SMILES string of the molecule is COc1ccc(C(C)C)cc1-c1ccc(C(F)(F)F)cc1CCC(O)c1ccccn1. The summed E-state index contributed by atoms with van der Waals surface area (Å²) < 4.78 is 45.7. The number of hydrogen-bond acceptors (Lipinski definition) is 3. The van der Waals surface area contributed by atoms with Crippen LogP contribution >= 0.6 is 0 Å². The fourth-order valence-electron chi connectivity index (χ4n) is 3.55. The normalized spacial score (nSPS) is 12.8.